The number of piperidine rings is 3. The maximum atomic E-state index is 12.7. The van der Waals surface area contributed by atoms with Gasteiger partial charge in [0.15, 0.2) is 5.76 Å². The molecule has 3 aliphatic rings. The average molecular weight is 353 g/mol. The second-order valence-corrected chi connectivity index (χ2v) is 7.18. The molecule has 0 radical (unpaired) electrons. The summed E-state index contributed by atoms with van der Waals surface area (Å²) in [5.74, 6) is 0.407. The first-order valence-electron chi connectivity index (χ1n) is 9.09. The van der Waals surface area contributed by atoms with Crippen molar-refractivity contribution in [3.8, 4) is 0 Å². The Morgan fingerprint density at radius 1 is 1.15 bits per heavy atom. The normalized spacial score (nSPS) is 24.3. The van der Waals surface area contributed by atoms with Crippen molar-refractivity contribution in [1.82, 2.24) is 10.2 Å². The molecule has 2 N–H and O–H groups in total. The Bertz CT molecular complexity index is 808. The molecule has 6 nitrogen and oxygen atoms in total. The first-order chi connectivity index (χ1) is 12.6. The van der Waals surface area contributed by atoms with Crippen LogP contribution in [0.3, 0.4) is 0 Å². The van der Waals surface area contributed by atoms with Crippen molar-refractivity contribution in [1.29, 1.82) is 0 Å². The van der Waals surface area contributed by atoms with Crippen LogP contribution in [0.1, 0.15) is 39.3 Å². The predicted octanol–water partition coefficient (Wildman–Crippen LogP) is 2.66. The number of carbonyl (C=O) groups is 2. The molecule has 6 heteroatoms. The lowest BCUT2D eigenvalue weighted by Gasteiger charge is -2.44. The topological polar surface area (TPSA) is 74.6 Å². The number of fused-ring (bicyclic) bond motifs is 3. The van der Waals surface area contributed by atoms with E-state index in [9.17, 15) is 9.59 Å². The summed E-state index contributed by atoms with van der Waals surface area (Å²) >= 11 is 0. The molecule has 3 aliphatic heterocycles. The van der Waals surface area contributed by atoms with Gasteiger partial charge in [0.25, 0.3) is 11.8 Å². The van der Waals surface area contributed by atoms with Gasteiger partial charge in [-0.25, -0.2) is 0 Å². The molecule has 1 aromatic carbocycles. The van der Waals surface area contributed by atoms with E-state index < -0.39 is 0 Å². The first-order valence-corrected chi connectivity index (χ1v) is 9.09. The van der Waals surface area contributed by atoms with E-state index in [2.05, 4.69) is 15.5 Å². The molecule has 1 unspecified atom stereocenters. The summed E-state index contributed by atoms with van der Waals surface area (Å²) in [6.45, 7) is 5.12. The lowest BCUT2D eigenvalue weighted by Crippen LogP contribution is -2.57. The monoisotopic (exact) mass is 353 g/mol. The summed E-state index contributed by atoms with van der Waals surface area (Å²) in [7, 11) is 0. The zero-order valence-corrected chi connectivity index (χ0v) is 14.8. The predicted molar refractivity (Wildman–Crippen MR) is 98.3 cm³/mol. The van der Waals surface area contributed by atoms with Crippen LogP contribution < -0.4 is 10.6 Å². The molecule has 3 saturated heterocycles. The van der Waals surface area contributed by atoms with Gasteiger partial charge >= 0.3 is 0 Å². The largest absolute Gasteiger partial charge is 0.459 e. The van der Waals surface area contributed by atoms with Crippen LogP contribution >= 0.6 is 0 Å². The second-order valence-electron chi connectivity index (χ2n) is 7.18. The molecule has 136 valence electrons. The molecule has 1 aromatic heterocycles. The van der Waals surface area contributed by atoms with Crippen molar-refractivity contribution in [2.24, 2.45) is 5.92 Å². The van der Waals surface area contributed by atoms with E-state index in [1.165, 1.54) is 6.26 Å². The minimum absolute atomic E-state index is 0.0859. The minimum atomic E-state index is -0.326. The third-order valence-electron chi connectivity index (χ3n) is 5.47. The number of rotatable bonds is 4. The fourth-order valence-electron chi connectivity index (χ4n) is 3.87. The van der Waals surface area contributed by atoms with E-state index in [0.717, 1.165) is 38.0 Å². The molecule has 0 saturated carbocycles. The van der Waals surface area contributed by atoms with E-state index in [1.54, 1.807) is 24.3 Å². The Kier molecular flexibility index (Phi) is 4.51. The van der Waals surface area contributed by atoms with Crippen LogP contribution in [0.25, 0.3) is 0 Å². The summed E-state index contributed by atoms with van der Waals surface area (Å²) < 4.78 is 5.12. The van der Waals surface area contributed by atoms with Gasteiger partial charge in [0.2, 0.25) is 0 Å². The zero-order chi connectivity index (χ0) is 18.1. The van der Waals surface area contributed by atoms with Crippen molar-refractivity contribution in [2.75, 3.05) is 25.0 Å². The van der Waals surface area contributed by atoms with Crippen LogP contribution in [0.4, 0.5) is 5.69 Å². The highest BCUT2D eigenvalue weighted by Gasteiger charge is 2.34. The maximum absolute atomic E-state index is 12.7. The molecule has 1 atom stereocenters. The van der Waals surface area contributed by atoms with Gasteiger partial charge in [-0.3, -0.25) is 9.59 Å². The van der Waals surface area contributed by atoms with E-state index in [4.69, 9.17) is 4.42 Å². The number of anilines is 1. The Balaban J connectivity index is 1.46. The summed E-state index contributed by atoms with van der Waals surface area (Å²) in [6, 6.07) is 8.87. The first kappa shape index (κ1) is 16.8. The number of hydrogen-bond donors (Lipinski definition) is 2. The number of hydrogen-bond acceptors (Lipinski definition) is 4. The number of benzene rings is 1. The standard InChI is InChI=1S/C20H23N3O3/c1-13-4-5-15(11-16(13)21-20(25)18-3-2-10-26-18)19(24)22-17-12-23-8-6-14(17)7-9-23/h2-5,10-11,14,17H,6-9,12H2,1H3,(H,21,25)(H,22,24). The molecule has 3 fully saturated rings. The Hall–Kier alpha value is -2.60. The number of nitrogens with zero attached hydrogens (tertiary/aromatic N) is 1. The molecular formula is C20H23N3O3. The average Bonchev–Trinajstić information content (AvgIpc) is 3.19. The van der Waals surface area contributed by atoms with Crippen molar-refractivity contribution in [3.63, 3.8) is 0 Å². The molecule has 0 spiro atoms. The third-order valence-corrected chi connectivity index (χ3v) is 5.47. The van der Waals surface area contributed by atoms with Gasteiger partial charge < -0.3 is 20.0 Å². The van der Waals surface area contributed by atoms with Crippen LogP contribution in [0.2, 0.25) is 0 Å². The Morgan fingerprint density at radius 2 is 1.96 bits per heavy atom. The van der Waals surface area contributed by atoms with Crippen LogP contribution in [-0.4, -0.2) is 42.4 Å². The Labute approximate surface area is 152 Å². The van der Waals surface area contributed by atoms with Crippen LogP contribution in [0.5, 0.6) is 0 Å². The lowest BCUT2D eigenvalue weighted by atomic mass is 9.84. The quantitative estimate of drug-likeness (QED) is 0.886. The van der Waals surface area contributed by atoms with Crippen LogP contribution in [0.15, 0.2) is 41.0 Å². The lowest BCUT2D eigenvalue weighted by molar-refractivity contribution is 0.0620. The summed E-state index contributed by atoms with van der Waals surface area (Å²) in [5.41, 5.74) is 2.07. The van der Waals surface area contributed by atoms with Crippen molar-refractivity contribution >= 4 is 17.5 Å². The molecule has 0 aliphatic carbocycles. The molecule has 26 heavy (non-hydrogen) atoms. The van der Waals surface area contributed by atoms with Crippen molar-refractivity contribution < 1.29 is 14.0 Å². The smallest absolute Gasteiger partial charge is 0.291 e. The van der Waals surface area contributed by atoms with Gasteiger partial charge in [0.1, 0.15) is 0 Å². The molecule has 4 heterocycles. The van der Waals surface area contributed by atoms with Gasteiger partial charge in [-0.2, -0.15) is 0 Å². The molecule has 2 amide bonds. The molecule has 5 rings (SSSR count). The molecular weight excluding hydrogens is 330 g/mol. The summed E-state index contributed by atoms with van der Waals surface area (Å²) in [6.07, 6.45) is 3.77. The van der Waals surface area contributed by atoms with Gasteiger partial charge in [-0.05, 0) is 68.6 Å². The summed E-state index contributed by atoms with van der Waals surface area (Å²) in [4.78, 5) is 27.3. The highest BCUT2D eigenvalue weighted by Crippen LogP contribution is 2.28. The van der Waals surface area contributed by atoms with Crippen molar-refractivity contribution in [2.45, 2.75) is 25.8 Å². The number of amides is 2. The Morgan fingerprint density at radius 3 is 2.62 bits per heavy atom. The maximum Gasteiger partial charge on any atom is 0.291 e. The fourth-order valence-corrected chi connectivity index (χ4v) is 3.87. The van der Waals surface area contributed by atoms with Gasteiger partial charge in [-0.1, -0.05) is 6.07 Å². The second kappa shape index (κ2) is 6.96. The van der Waals surface area contributed by atoms with Gasteiger partial charge in [0.05, 0.1) is 6.26 Å². The number of aryl methyl sites for hydroxylation is 1. The summed E-state index contributed by atoms with van der Waals surface area (Å²) in [5, 5.41) is 6.00. The van der Waals surface area contributed by atoms with E-state index >= 15 is 0 Å². The van der Waals surface area contributed by atoms with Gasteiger partial charge in [-0.15, -0.1) is 0 Å². The van der Waals surface area contributed by atoms with Crippen LogP contribution in [0, 0.1) is 12.8 Å². The number of carbonyl (C=O) groups excluding carboxylic acids is 2. The van der Waals surface area contributed by atoms with E-state index in [0.29, 0.717) is 17.2 Å². The van der Waals surface area contributed by atoms with Gasteiger partial charge in [0, 0.05) is 23.8 Å². The SMILES string of the molecule is Cc1ccc(C(=O)NC2CN3CCC2CC3)cc1NC(=O)c1ccco1. The molecule has 2 bridgehead atoms. The zero-order valence-electron chi connectivity index (χ0n) is 14.8. The minimum Gasteiger partial charge on any atom is -0.459 e. The van der Waals surface area contributed by atoms with Crippen LogP contribution in [-0.2, 0) is 0 Å². The fraction of sp³-hybridized carbons (Fsp3) is 0.400. The van der Waals surface area contributed by atoms with E-state index in [-0.39, 0.29) is 23.6 Å². The van der Waals surface area contributed by atoms with Crippen molar-refractivity contribution in [3.05, 3.63) is 53.5 Å². The third kappa shape index (κ3) is 3.37. The van der Waals surface area contributed by atoms with E-state index in [1.807, 2.05) is 13.0 Å². The number of furan rings is 1. The molecule has 2 aromatic rings. The highest BCUT2D eigenvalue weighted by molar-refractivity contribution is 6.04. The highest BCUT2D eigenvalue weighted by atomic mass is 16.3. The number of nitrogens with one attached hydrogen (secondary N) is 2.